The molecule has 5 amide bonds. The van der Waals surface area contributed by atoms with Crippen LogP contribution in [-0.2, 0) is 20.9 Å². The lowest BCUT2D eigenvalue weighted by Crippen LogP contribution is -2.52. The van der Waals surface area contributed by atoms with Gasteiger partial charge in [-0.05, 0) is 6.42 Å². The maximum Gasteiger partial charge on any atom is 0.404 e. The van der Waals surface area contributed by atoms with E-state index in [0.717, 1.165) is 11.3 Å². The third-order valence-corrected chi connectivity index (χ3v) is 4.34. The third kappa shape index (κ3) is 4.76. The van der Waals surface area contributed by atoms with Gasteiger partial charge < -0.3 is 21.1 Å². The van der Waals surface area contributed by atoms with Crippen LogP contribution < -0.4 is 21.3 Å². The van der Waals surface area contributed by atoms with E-state index in [-0.39, 0.29) is 30.6 Å². The van der Waals surface area contributed by atoms with E-state index < -0.39 is 35.8 Å². The van der Waals surface area contributed by atoms with E-state index >= 15 is 0 Å². The first-order valence-corrected chi connectivity index (χ1v) is 8.15. The Hall–Kier alpha value is -2.95. The number of imide groups is 1. The number of rotatable bonds is 5. The summed E-state index contributed by atoms with van der Waals surface area (Å²) in [4.78, 5) is 57.8. The Bertz CT molecular complexity index is 744. The van der Waals surface area contributed by atoms with Crippen molar-refractivity contribution < 1.29 is 29.1 Å². The van der Waals surface area contributed by atoms with Gasteiger partial charge in [-0.3, -0.25) is 24.5 Å². The third-order valence-electron chi connectivity index (χ3n) is 3.36. The van der Waals surface area contributed by atoms with Crippen LogP contribution in [0, 0.1) is 0 Å². The Morgan fingerprint density at radius 3 is 2.68 bits per heavy atom. The van der Waals surface area contributed by atoms with Crippen LogP contribution in [0.5, 0.6) is 0 Å². The van der Waals surface area contributed by atoms with Crippen molar-refractivity contribution in [3.05, 3.63) is 15.8 Å². The van der Waals surface area contributed by atoms with Crippen molar-refractivity contribution in [1.82, 2.24) is 16.0 Å². The lowest BCUT2D eigenvalue weighted by atomic mass is 10.1. The maximum absolute atomic E-state index is 12.4. The fraction of sp³-hybridized carbons (Fsp3) is 0.357. The van der Waals surface area contributed by atoms with Gasteiger partial charge >= 0.3 is 6.09 Å². The summed E-state index contributed by atoms with van der Waals surface area (Å²) in [6.45, 7) is 1.18. The van der Waals surface area contributed by atoms with Gasteiger partial charge in [0, 0.05) is 23.6 Å². The molecule has 1 aromatic heterocycles. The summed E-state index contributed by atoms with van der Waals surface area (Å²) in [5.74, 6) is -2.01. The van der Waals surface area contributed by atoms with Gasteiger partial charge in [0.25, 0.3) is 5.91 Å². The molecule has 0 saturated carbocycles. The van der Waals surface area contributed by atoms with Crippen LogP contribution in [0.15, 0.2) is 5.38 Å². The predicted octanol–water partition coefficient (Wildman–Crippen LogP) is 0.00910. The molecule has 0 aromatic carbocycles. The molecule has 134 valence electrons. The molecule has 0 aliphatic carbocycles. The van der Waals surface area contributed by atoms with Gasteiger partial charge in [0.2, 0.25) is 17.7 Å². The summed E-state index contributed by atoms with van der Waals surface area (Å²) in [7, 11) is 0. The smallest absolute Gasteiger partial charge is 0.404 e. The van der Waals surface area contributed by atoms with Gasteiger partial charge in [-0.25, -0.2) is 4.79 Å². The summed E-state index contributed by atoms with van der Waals surface area (Å²) >= 11 is 1.10. The van der Waals surface area contributed by atoms with Crippen LogP contribution in [0.3, 0.4) is 0 Å². The van der Waals surface area contributed by atoms with Crippen molar-refractivity contribution in [2.75, 3.05) is 5.32 Å². The molecule has 1 saturated heterocycles. The average Bonchev–Trinajstić information content (AvgIpc) is 2.90. The average molecular weight is 368 g/mol. The first-order valence-electron chi connectivity index (χ1n) is 7.27. The highest BCUT2D eigenvalue weighted by atomic mass is 32.1. The predicted molar refractivity (Wildman–Crippen MR) is 87.1 cm³/mol. The molecule has 1 aromatic rings. The second-order valence-corrected chi connectivity index (χ2v) is 6.23. The number of nitrogens with one attached hydrogen (secondary N) is 4. The number of amides is 5. The molecule has 2 rings (SSSR count). The van der Waals surface area contributed by atoms with E-state index in [1.54, 1.807) is 0 Å². The van der Waals surface area contributed by atoms with Gasteiger partial charge in [-0.1, -0.05) is 0 Å². The molecule has 25 heavy (non-hydrogen) atoms. The molecule has 0 spiro atoms. The van der Waals surface area contributed by atoms with E-state index in [9.17, 15) is 24.0 Å². The first kappa shape index (κ1) is 18.4. The van der Waals surface area contributed by atoms with Crippen molar-refractivity contribution in [1.29, 1.82) is 0 Å². The minimum Gasteiger partial charge on any atom is -0.465 e. The molecular formula is C14H16N4O6S. The fourth-order valence-electron chi connectivity index (χ4n) is 2.23. The molecule has 5 N–H and O–H groups in total. The standard InChI is InChI=1S/C14H16N4O6S/c1-6(19)16-11-7(5-25-9(11)4-15-14(23)24)12(21)17-8-2-3-10(20)18-13(8)22/h5,8,15H,2-4H2,1H3,(H,16,19)(H,17,21)(H,23,24)(H,18,20,22). The van der Waals surface area contributed by atoms with Gasteiger partial charge in [-0.15, -0.1) is 11.3 Å². The highest BCUT2D eigenvalue weighted by Crippen LogP contribution is 2.28. The molecule has 1 aliphatic rings. The zero-order valence-corrected chi connectivity index (χ0v) is 14.0. The number of anilines is 1. The highest BCUT2D eigenvalue weighted by molar-refractivity contribution is 7.11. The Kier molecular flexibility index (Phi) is 5.70. The minimum absolute atomic E-state index is 0.0820. The molecule has 1 aliphatic heterocycles. The van der Waals surface area contributed by atoms with Gasteiger partial charge in [-0.2, -0.15) is 0 Å². The van der Waals surface area contributed by atoms with Crippen molar-refractivity contribution in [2.45, 2.75) is 32.4 Å². The van der Waals surface area contributed by atoms with Crippen molar-refractivity contribution in [3.63, 3.8) is 0 Å². The van der Waals surface area contributed by atoms with Crippen LogP contribution in [0.1, 0.15) is 35.0 Å². The Labute approximate surface area is 146 Å². The van der Waals surface area contributed by atoms with Crippen LogP contribution in [-0.4, -0.2) is 40.9 Å². The molecular weight excluding hydrogens is 352 g/mol. The highest BCUT2D eigenvalue weighted by Gasteiger charge is 2.29. The number of hydrogen-bond donors (Lipinski definition) is 5. The second-order valence-electron chi connectivity index (χ2n) is 5.26. The van der Waals surface area contributed by atoms with Crippen molar-refractivity contribution >= 4 is 46.7 Å². The quantitative estimate of drug-likeness (QED) is 0.461. The Balaban J connectivity index is 2.17. The molecule has 0 bridgehead atoms. The summed E-state index contributed by atoms with van der Waals surface area (Å²) < 4.78 is 0. The number of carbonyl (C=O) groups is 5. The lowest BCUT2D eigenvalue weighted by molar-refractivity contribution is -0.134. The lowest BCUT2D eigenvalue weighted by Gasteiger charge is -2.21. The SMILES string of the molecule is CC(=O)Nc1c(C(=O)NC2CCC(=O)NC2=O)csc1CNC(=O)O. The summed E-state index contributed by atoms with van der Waals surface area (Å²) in [5, 5.41) is 19.5. The van der Waals surface area contributed by atoms with Crippen LogP contribution in [0.4, 0.5) is 10.5 Å². The Morgan fingerprint density at radius 1 is 1.36 bits per heavy atom. The molecule has 1 atom stereocenters. The number of hydrogen-bond acceptors (Lipinski definition) is 6. The topological polar surface area (TPSA) is 154 Å². The minimum atomic E-state index is -1.24. The summed E-state index contributed by atoms with van der Waals surface area (Å²) in [5.41, 5.74) is 0.308. The summed E-state index contributed by atoms with van der Waals surface area (Å²) in [6.07, 6.45) is -0.937. The van der Waals surface area contributed by atoms with E-state index in [0.29, 0.717) is 4.88 Å². The zero-order chi connectivity index (χ0) is 18.6. The largest absolute Gasteiger partial charge is 0.465 e. The molecule has 1 unspecified atom stereocenters. The molecule has 10 nitrogen and oxygen atoms in total. The number of piperidine rings is 1. The van der Waals surface area contributed by atoms with E-state index in [1.807, 2.05) is 0 Å². The summed E-state index contributed by atoms with van der Waals surface area (Å²) in [6, 6.07) is -0.851. The first-order chi connectivity index (χ1) is 11.8. The monoisotopic (exact) mass is 368 g/mol. The normalized spacial score (nSPS) is 16.8. The number of carboxylic acid groups (broad SMARTS) is 1. The van der Waals surface area contributed by atoms with Gasteiger partial charge in [0.1, 0.15) is 6.04 Å². The van der Waals surface area contributed by atoms with Crippen LogP contribution >= 0.6 is 11.3 Å². The van der Waals surface area contributed by atoms with Gasteiger partial charge in [0.15, 0.2) is 0 Å². The maximum atomic E-state index is 12.4. The zero-order valence-electron chi connectivity index (χ0n) is 13.2. The van der Waals surface area contributed by atoms with Crippen LogP contribution in [0.2, 0.25) is 0 Å². The van der Waals surface area contributed by atoms with Crippen LogP contribution in [0.25, 0.3) is 0 Å². The van der Waals surface area contributed by atoms with E-state index in [4.69, 9.17) is 5.11 Å². The molecule has 0 radical (unpaired) electrons. The molecule has 11 heteroatoms. The van der Waals surface area contributed by atoms with E-state index in [1.165, 1.54) is 12.3 Å². The molecule has 1 fully saturated rings. The second kappa shape index (κ2) is 7.75. The Morgan fingerprint density at radius 2 is 2.08 bits per heavy atom. The van der Waals surface area contributed by atoms with Crippen molar-refractivity contribution in [2.24, 2.45) is 0 Å². The number of carbonyl (C=O) groups excluding carboxylic acids is 4. The van der Waals surface area contributed by atoms with E-state index in [2.05, 4.69) is 21.3 Å². The molecule has 2 heterocycles. The number of thiophene rings is 1. The fourth-order valence-corrected chi connectivity index (χ4v) is 3.15. The van der Waals surface area contributed by atoms with Crippen molar-refractivity contribution in [3.8, 4) is 0 Å². The van der Waals surface area contributed by atoms with Gasteiger partial charge in [0.05, 0.1) is 17.8 Å².